The molecule has 0 atom stereocenters. The van der Waals surface area contributed by atoms with E-state index in [1.54, 1.807) is 6.20 Å². The zero-order valence-corrected chi connectivity index (χ0v) is 16.1. The molecule has 124 valence electrons. The molecule has 1 heterocycles. The zero-order valence-electron chi connectivity index (χ0n) is 13.7. The summed E-state index contributed by atoms with van der Waals surface area (Å²) in [5, 5.41) is 3.27. The molecule has 2 rings (SSSR count). The lowest BCUT2D eigenvalue weighted by Crippen LogP contribution is -2.24. The van der Waals surface area contributed by atoms with Crippen LogP contribution in [-0.4, -0.2) is 17.5 Å². The van der Waals surface area contributed by atoms with Crippen LogP contribution in [0, 0.1) is 0 Å². The predicted molar refractivity (Wildman–Crippen MR) is 109 cm³/mol. The Bertz CT molecular complexity index is 604. The number of nitrogens with zero attached hydrogens (tertiary/aromatic N) is 2. The van der Waals surface area contributed by atoms with Gasteiger partial charge in [-0.15, -0.1) is 24.0 Å². The summed E-state index contributed by atoms with van der Waals surface area (Å²) in [6.07, 6.45) is 4.53. The number of anilines is 1. The van der Waals surface area contributed by atoms with Crippen molar-refractivity contribution in [2.75, 3.05) is 11.9 Å². The summed E-state index contributed by atoms with van der Waals surface area (Å²) in [4.78, 5) is 8.69. The van der Waals surface area contributed by atoms with Crippen molar-refractivity contribution in [2.45, 2.75) is 33.1 Å². The first-order valence-electron chi connectivity index (χ1n) is 7.82. The molecular formula is C18H25IN4. The molecule has 0 unspecified atom stereocenters. The van der Waals surface area contributed by atoms with Crippen molar-refractivity contribution in [3.8, 4) is 0 Å². The first kappa shape index (κ1) is 19.4. The molecule has 0 bridgehead atoms. The first-order chi connectivity index (χ1) is 10.7. The van der Waals surface area contributed by atoms with Crippen molar-refractivity contribution in [1.29, 1.82) is 0 Å². The van der Waals surface area contributed by atoms with Gasteiger partial charge in [0.1, 0.15) is 0 Å². The van der Waals surface area contributed by atoms with Gasteiger partial charge in [-0.3, -0.25) is 9.98 Å². The zero-order chi connectivity index (χ0) is 15.8. The van der Waals surface area contributed by atoms with Crippen LogP contribution in [0.4, 0.5) is 5.69 Å². The molecule has 0 aliphatic rings. The fourth-order valence-corrected chi connectivity index (χ4v) is 2.41. The van der Waals surface area contributed by atoms with Gasteiger partial charge in [0, 0.05) is 30.5 Å². The molecule has 0 saturated heterocycles. The molecule has 1 aromatic carbocycles. The minimum Gasteiger partial charge on any atom is -0.370 e. The molecule has 4 nitrogen and oxygen atoms in total. The predicted octanol–water partition coefficient (Wildman–Crippen LogP) is 3.79. The third-order valence-corrected chi connectivity index (χ3v) is 3.63. The lowest BCUT2D eigenvalue weighted by molar-refractivity contribution is 0.920. The van der Waals surface area contributed by atoms with E-state index >= 15 is 0 Å². The summed E-state index contributed by atoms with van der Waals surface area (Å²) < 4.78 is 0. The van der Waals surface area contributed by atoms with Crippen LogP contribution >= 0.6 is 24.0 Å². The maximum Gasteiger partial charge on any atom is 0.193 e. The molecule has 0 spiro atoms. The standard InChI is InChI=1S/C18H24N4.HI/c1-3-14-8-7-9-15(4-2)17(14)22-18(19)21-13-11-16-10-5-6-12-20-16;/h5-10,12H,3-4,11,13H2,1-2H3,(H3,19,21,22);1H. The molecule has 0 amide bonds. The highest BCUT2D eigenvalue weighted by Crippen LogP contribution is 2.22. The van der Waals surface area contributed by atoms with E-state index in [2.05, 4.69) is 47.3 Å². The molecule has 0 aliphatic carbocycles. The lowest BCUT2D eigenvalue weighted by atomic mass is 10.0. The van der Waals surface area contributed by atoms with Crippen LogP contribution in [-0.2, 0) is 19.3 Å². The summed E-state index contributed by atoms with van der Waals surface area (Å²) in [5.41, 5.74) is 10.7. The SMILES string of the molecule is CCc1cccc(CC)c1NC(N)=NCCc1ccccn1.I. The van der Waals surface area contributed by atoms with Crippen molar-refractivity contribution in [3.05, 3.63) is 59.4 Å². The van der Waals surface area contributed by atoms with Gasteiger partial charge in [0.05, 0.1) is 0 Å². The molecule has 0 fully saturated rings. The topological polar surface area (TPSA) is 63.3 Å². The maximum atomic E-state index is 6.04. The Morgan fingerprint density at radius 3 is 2.35 bits per heavy atom. The second-order valence-electron chi connectivity index (χ2n) is 5.12. The fourth-order valence-electron chi connectivity index (χ4n) is 2.41. The second kappa shape index (κ2) is 10.2. The number of pyridine rings is 1. The molecule has 0 saturated carbocycles. The summed E-state index contributed by atoms with van der Waals surface area (Å²) in [6.45, 7) is 4.92. The summed E-state index contributed by atoms with van der Waals surface area (Å²) >= 11 is 0. The Balaban J connectivity index is 0.00000264. The maximum absolute atomic E-state index is 6.04. The highest BCUT2D eigenvalue weighted by molar-refractivity contribution is 14.0. The van der Waals surface area contributed by atoms with Crippen LogP contribution in [0.3, 0.4) is 0 Å². The first-order valence-corrected chi connectivity index (χ1v) is 7.82. The van der Waals surface area contributed by atoms with Crippen molar-refractivity contribution >= 4 is 35.6 Å². The van der Waals surface area contributed by atoms with E-state index in [9.17, 15) is 0 Å². The van der Waals surface area contributed by atoms with E-state index in [4.69, 9.17) is 5.73 Å². The third kappa shape index (κ3) is 5.82. The molecule has 0 radical (unpaired) electrons. The molecule has 2 aromatic rings. The minimum atomic E-state index is 0. The van der Waals surface area contributed by atoms with Gasteiger partial charge >= 0.3 is 0 Å². The Hall–Kier alpha value is -1.63. The molecule has 3 N–H and O–H groups in total. The monoisotopic (exact) mass is 424 g/mol. The van der Waals surface area contributed by atoms with Gasteiger partial charge < -0.3 is 11.1 Å². The van der Waals surface area contributed by atoms with Crippen molar-refractivity contribution < 1.29 is 0 Å². The molecule has 0 aliphatic heterocycles. The lowest BCUT2D eigenvalue weighted by Gasteiger charge is -2.14. The summed E-state index contributed by atoms with van der Waals surface area (Å²) in [5.74, 6) is 0.464. The van der Waals surface area contributed by atoms with E-state index < -0.39 is 0 Å². The number of halogens is 1. The van der Waals surface area contributed by atoms with E-state index in [0.717, 1.165) is 30.6 Å². The van der Waals surface area contributed by atoms with Gasteiger partial charge in [-0.1, -0.05) is 38.1 Å². The molecule has 23 heavy (non-hydrogen) atoms. The number of aryl methyl sites for hydroxylation is 2. The van der Waals surface area contributed by atoms with Gasteiger partial charge in [-0.25, -0.2) is 0 Å². The van der Waals surface area contributed by atoms with Gasteiger partial charge in [0.25, 0.3) is 0 Å². The molecule has 1 aromatic heterocycles. The summed E-state index contributed by atoms with van der Waals surface area (Å²) in [7, 11) is 0. The van der Waals surface area contributed by atoms with Crippen LogP contribution in [0.1, 0.15) is 30.7 Å². The van der Waals surface area contributed by atoms with E-state index in [1.807, 2.05) is 18.2 Å². The number of para-hydroxylation sites is 1. The Labute approximate surface area is 155 Å². The normalized spacial score (nSPS) is 11.0. The number of hydrogen-bond donors (Lipinski definition) is 2. The van der Waals surface area contributed by atoms with Crippen molar-refractivity contribution in [3.63, 3.8) is 0 Å². The Morgan fingerprint density at radius 2 is 1.78 bits per heavy atom. The Morgan fingerprint density at radius 1 is 1.09 bits per heavy atom. The number of aliphatic imine (C=N–C) groups is 1. The smallest absolute Gasteiger partial charge is 0.193 e. The number of rotatable bonds is 6. The number of hydrogen-bond acceptors (Lipinski definition) is 2. The quantitative estimate of drug-likeness (QED) is 0.421. The van der Waals surface area contributed by atoms with E-state index in [1.165, 1.54) is 11.1 Å². The van der Waals surface area contributed by atoms with Gasteiger partial charge in [-0.2, -0.15) is 0 Å². The number of nitrogens with one attached hydrogen (secondary N) is 1. The van der Waals surface area contributed by atoms with Gasteiger partial charge in [0.2, 0.25) is 0 Å². The van der Waals surface area contributed by atoms with E-state index in [0.29, 0.717) is 12.5 Å². The van der Waals surface area contributed by atoms with Crippen molar-refractivity contribution in [1.82, 2.24) is 4.98 Å². The van der Waals surface area contributed by atoms with Gasteiger partial charge in [-0.05, 0) is 36.1 Å². The largest absolute Gasteiger partial charge is 0.370 e. The number of aromatic nitrogens is 1. The number of guanidine groups is 1. The van der Waals surface area contributed by atoms with Crippen LogP contribution in [0.2, 0.25) is 0 Å². The average Bonchev–Trinajstić information content (AvgIpc) is 2.56. The molecule has 5 heteroatoms. The van der Waals surface area contributed by atoms with Crippen molar-refractivity contribution in [2.24, 2.45) is 10.7 Å². The fraction of sp³-hybridized carbons (Fsp3) is 0.333. The van der Waals surface area contributed by atoms with Crippen LogP contribution in [0.15, 0.2) is 47.6 Å². The van der Waals surface area contributed by atoms with Gasteiger partial charge in [0.15, 0.2) is 5.96 Å². The van der Waals surface area contributed by atoms with Crippen LogP contribution in [0.5, 0.6) is 0 Å². The second-order valence-corrected chi connectivity index (χ2v) is 5.12. The molecular weight excluding hydrogens is 399 g/mol. The number of nitrogens with two attached hydrogens (primary N) is 1. The minimum absolute atomic E-state index is 0. The number of benzene rings is 1. The third-order valence-electron chi connectivity index (χ3n) is 3.63. The average molecular weight is 424 g/mol. The summed E-state index contributed by atoms with van der Waals surface area (Å²) in [6, 6.07) is 12.2. The van der Waals surface area contributed by atoms with E-state index in [-0.39, 0.29) is 24.0 Å². The highest BCUT2D eigenvalue weighted by Gasteiger charge is 2.06. The highest BCUT2D eigenvalue weighted by atomic mass is 127. The van der Waals surface area contributed by atoms with Crippen LogP contribution < -0.4 is 11.1 Å². The Kier molecular flexibility index (Phi) is 8.61. The van der Waals surface area contributed by atoms with Crippen LogP contribution in [0.25, 0.3) is 0 Å².